The molecule has 1 aliphatic rings. The largest absolute Gasteiger partial charge is 0.498 e. The van der Waals surface area contributed by atoms with E-state index in [1.165, 1.54) is 0 Å². The van der Waals surface area contributed by atoms with Gasteiger partial charge in [-0.25, -0.2) is 0 Å². The van der Waals surface area contributed by atoms with E-state index in [0.717, 1.165) is 17.3 Å². The maximum Gasteiger partial charge on any atom is 0.498 e. The number of carbonyl (C=O) groups excluding carboxylic acids is 1. The topological polar surface area (TPSA) is 44.8 Å². The molecule has 2 rings (SSSR count). The smallest absolute Gasteiger partial charge is 0.491 e. The average molecular weight is 332 g/mol. The molecule has 5 heteroatoms. The lowest BCUT2D eigenvalue weighted by Gasteiger charge is -2.32. The summed E-state index contributed by atoms with van der Waals surface area (Å²) >= 11 is 0. The lowest BCUT2D eigenvalue weighted by molar-refractivity contribution is 0.00578. The molecule has 1 saturated heterocycles. The molecule has 1 aliphatic heterocycles. The maximum atomic E-state index is 11.6. The van der Waals surface area contributed by atoms with Gasteiger partial charge >= 0.3 is 7.12 Å². The van der Waals surface area contributed by atoms with Crippen molar-refractivity contribution in [3.63, 3.8) is 0 Å². The van der Waals surface area contributed by atoms with Crippen LogP contribution in [0.2, 0.25) is 0 Å². The number of hydrogen-bond acceptors (Lipinski definition) is 4. The van der Waals surface area contributed by atoms with Crippen LogP contribution in [0.3, 0.4) is 0 Å². The molecule has 0 aliphatic carbocycles. The van der Waals surface area contributed by atoms with Crippen molar-refractivity contribution in [2.45, 2.75) is 78.6 Å². The van der Waals surface area contributed by atoms with Crippen LogP contribution in [0, 0.1) is 0 Å². The Balaban J connectivity index is 2.58. The highest BCUT2D eigenvalue weighted by Crippen LogP contribution is 2.38. The molecule has 1 fully saturated rings. The molecule has 24 heavy (non-hydrogen) atoms. The molecule has 0 aromatic heterocycles. The zero-order valence-corrected chi connectivity index (χ0v) is 16.1. The second kappa shape index (κ2) is 6.53. The fourth-order valence-corrected chi connectivity index (χ4v) is 2.64. The van der Waals surface area contributed by atoms with E-state index in [-0.39, 0.29) is 12.0 Å². The van der Waals surface area contributed by atoms with Gasteiger partial charge in [-0.3, -0.25) is 4.79 Å². The first kappa shape index (κ1) is 19.0. The Kier molecular flexibility index (Phi) is 5.17. The summed E-state index contributed by atoms with van der Waals surface area (Å²) in [6, 6.07) is 3.93. The molecule has 4 nitrogen and oxygen atoms in total. The molecule has 0 radical (unpaired) electrons. The van der Waals surface area contributed by atoms with E-state index in [9.17, 15) is 4.79 Å². The molecule has 132 valence electrons. The summed E-state index contributed by atoms with van der Waals surface area (Å²) in [5, 5.41) is 0. The first-order valence-electron chi connectivity index (χ1n) is 8.64. The van der Waals surface area contributed by atoms with Gasteiger partial charge in [-0.2, -0.15) is 0 Å². The summed E-state index contributed by atoms with van der Waals surface area (Å²) in [5.74, 6) is 0.848. The van der Waals surface area contributed by atoms with Crippen LogP contribution in [0.15, 0.2) is 12.1 Å². The molecule has 0 unspecified atom stereocenters. The van der Waals surface area contributed by atoms with Crippen molar-refractivity contribution in [2.75, 3.05) is 0 Å². The molecule has 0 bridgehead atoms. The van der Waals surface area contributed by atoms with Gasteiger partial charge in [0.2, 0.25) is 0 Å². The van der Waals surface area contributed by atoms with Crippen molar-refractivity contribution in [3.05, 3.63) is 23.3 Å². The van der Waals surface area contributed by atoms with E-state index in [2.05, 4.69) is 13.8 Å². The van der Waals surface area contributed by atoms with Gasteiger partial charge in [-0.05, 0) is 59.1 Å². The van der Waals surface area contributed by atoms with Gasteiger partial charge < -0.3 is 14.0 Å². The van der Waals surface area contributed by atoms with E-state index in [4.69, 9.17) is 14.0 Å². The fourth-order valence-electron chi connectivity index (χ4n) is 2.64. The number of rotatable bonds is 5. The summed E-state index contributed by atoms with van der Waals surface area (Å²) in [5.41, 5.74) is 1.51. The van der Waals surface area contributed by atoms with Crippen molar-refractivity contribution in [1.29, 1.82) is 0 Å². The minimum absolute atomic E-state index is 0.0465. The Labute approximate surface area is 146 Å². The average Bonchev–Trinajstić information content (AvgIpc) is 2.66. The van der Waals surface area contributed by atoms with Crippen molar-refractivity contribution in [1.82, 2.24) is 0 Å². The monoisotopic (exact) mass is 332 g/mol. The molecule has 0 atom stereocenters. The third kappa shape index (κ3) is 3.52. The molecule has 0 saturated carbocycles. The Morgan fingerprint density at radius 1 is 1.04 bits per heavy atom. The van der Waals surface area contributed by atoms with Gasteiger partial charge in [-0.15, -0.1) is 0 Å². The molecular weight excluding hydrogens is 303 g/mol. The predicted molar refractivity (Wildman–Crippen MR) is 97.4 cm³/mol. The van der Waals surface area contributed by atoms with Gasteiger partial charge in [-0.1, -0.05) is 19.9 Å². The van der Waals surface area contributed by atoms with Crippen molar-refractivity contribution < 1.29 is 18.8 Å². The van der Waals surface area contributed by atoms with Gasteiger partial charge in [0.25, 0.3) is 0 Å². The van der Waals surface area contributed by atoms with Crippen LogP contribution < -0.4 is 10.2 Å². The molecule has 1 aromatic carbocycles. The molecule has 0 amide bonds. The van der Waals surface area contributed by atoms with Gasteiger partial charge in [0.15, 0.2) is 6.29 Å². The molecule has 1 heterocycles. The second-order valence-electron chi connectivity index (χ2n) is 8.06. The van der Waals surface area contributed by atoms with Crippen molar-refractivity contribution >= 4 is 18.9 Å². The zero-order valence-electron chi connectivity index (χ0n) is 16.1. The van der Waals surface area contributed by atoms with Gasteiger partial charge in [0.05, 0.1) is 22.9 Å². The third-order valence-corrected chi connectivity index (χ3v) is 4.82. The second-order valence-corrected chi connectivity index (χ2v) is 8.06. The Morgan fingerprint density at radius 2 is 1.58 bits per heavy atom. The summed E-state index contributed by atoms with van der Waals surface area (Å²) in [7, 11) is -0.554. The number of aldehydes is 1. The van der Waals surface area contributed by atoms with E-state index in [0.29, 0.717) is 11.3 Å². The number of carbonyl (C=O) groups is 1. The van der Waals surface area contributed by atoms with Crippen molar-refractivity contribution in [2.24, 2.45) is 0 Å². The lowest BCUT2D eigenvalue weighted by atomic mass is 9.75. The molecule has 0 spiro atoms. The van der Waals surface area contributed by atoms with Crippen LogP contribution in [-0.4, -0.2) is 30.7 Å². The van der Waals surface area contributed by atoms with Gasteiger partial charge in [0.1, 0.15) is 5.75 Å². The molecule has 1 aromatic rings. The van der Waals surface area contributed by atoms with E-state index in [1.54, 1.807) is 0 Å². The highest BCUT2D eigenvalue weighted by atomic mass is 16.7. The minimum atomic E-state index is -0.554. The van der Waals surface area contributed by atoms with Crippen LogP contribution >= 0.6 is 0 Å². The van der Waals surface area contributed by atoms with Gasteiger partial charge in [0, 0.05) is 5.46 Å². The normalized spacial score (nSPS) is 19.2. The lowest BCUT2D eigenvalue weighted by Crippen LogP contribution is -2.41. The number of ether oxygens (including phenoxy) is 1. The van der Waals surface area contributed by atoms with Crippen LogP contribution in [0.1, 0.15) is 77.2 Å². The number of benzene rings is 1. The van der Waals surface area contributed by atoms with Crippen LogP contribution in [0.5, 0.6) is 5.75 Å². The van der Waals surface area contributed by atoms with E-state index >= 15 is 0 Å². The van der Waals surface area contributed by atoms with Crippen LogP contribution in [0.25, 0.3) is 0 Å². The molecule has 0 N–H and O–H groups in total. The fraction of sp³-hybridized carbons (Fsp3) is 0.632. The Hall–Kier alpha value is -1.33. The summed E-state index contributed by atoms with van der Waals surface area (Å²) < 4.78 is 18.3. The highest BCUT2D eigenvalue weighted by molar-refractivity contribution is 6.63. The van der Waals surface area contributed by atoms with Crippen molar-refractivity contribution in [3.8, 4) is 5.75 Å². The Morgan fingerprint density at radius 3 is 2.00 bits per heavy atom. The SMILES string of the molecule is CC(C)Oc1c(C=O)cc(C(C)C)cc1B1OC(C)(C)C(C)(C)O1. The minimum Gasteiger partial charge on any atom is -0.491 e. The quantitative estimate of drug-likeness (QED) is 0.609. The third-order valence-electron chi connectivity index (χ3n) is 4.82. The van der Waals surface area contributed by atoms with Crippen LogP contribution in [0.4, 0.5) is 0 Å². The predicted octanol–water partition coefficient (Wildman–Crippen LogP) is 3.71. The first-order chi connectivity index (χ1) is 11.0. The van der Waals surface area contributed by atoms with E-state index < -0.39 is 18.3 Å². The summed E-state index contributed by atoms with van der Waals surface area (Å²) in [6.45, 7) is 16.2. The van der Waals surface area contributed by atoms with Crippen LogP contribution in [-0.2, 0) is 9.31 Å². The first-order valence-corrected chi connectivity index (χ1v) is 8.64. The number of hydrogen-bond donors (Lipinski definition) is 0. The highest BCUT2D eigenvalue weighted by Gasteiger charge is 2.52. The zero-order chi connectivity index (χ0) is 18.3. The standard InChI is InChI=1S/C19H29BO4/c1-12(2)14-9-15(11-21)17(22-13(3)4)16(10-14)20-23-18(5,6)19(7,8)24-20/h9-13H,1-8H3. The summed E-state index contributed by atoms with van der Waals surface area (Å²) in [6.07, 6.45) is 0.799. The Bertz CT molecular complexity index is 604. The maximum absolute atomic E-state index is 11.6. The summed E-state index contributed by atoms with van der Waals surface area (Å²) in [4.78, 5) is 11.6. The molecular formula is C19H29BO4. The van der Waals surface area contributed by atoms with E-state index in [1.807, 2.05) is 53.7 Å².